The summed E-state index contributed by atoms with van der Waals surface area (Å²) >= 11 is 0. The Morgan fingerprint density at radius 1 is 1.17 bits per heavy atom. The van der Waals surface area contributed by atoms with Gasteiger partial charge in [0.2, 0.25) is 5.91 Å². The normalized spacial score (nSPS) is 17.7. The largest absolute Gasteiger partial charge is 0.379 e. The van der Waals surface area contributed by atoms with Crippen molar-refractivity contribution < 1.29 is 14.3 Å². The summed E-state index contributed by atoms with van der Waals surface area (Å²) in [4.78, 5) is 27.1. The van der Waals surface area contributed by atoms with Gasteiger partial charge in [-0.3, -0.25) is 19.2 Å². The highest BCUT2D eigenvalue weighted by molar-refractivity contribution is 6.04. The van der Waals surface area contributed by atoms with Crippen LogP contribution in [0.1, 0.15) is 41.6 Å². The van der Waals surface area contributed by atoms with E-state index < -0.39 is 0 Å². The lowest BCUT2D eigenvalue weighted by molar-refractivity contribution is -0.122. The standard InChI is InChI=1S/C22H29N5O3/c28-21(24-19-6-1-2-7-19)16-27-15-20(13-23-27)25-22(29)18-5-3-4-17(12-18)14-26-8-10-30-11-9-26/h3-5,12-13,15,19H,1-2,6-11,14,16H2,(H,24,28)(H,25,29). The first-order valence-electron chi connectivity index (χ1n) is 10.7. The highest BCUT2D eigenvalue weighted by atomic mass is 16.5. The van der Waals surface area contributed by atoms with Gasteiger partial charge in [0.05, 0.1) is 25.1 Å². The number of rotatable bonds is 7. The molecule has 2 heterocycles. The summed E-state index contributed by atoms with van der Waals surface area (Å²) in [6.07, 6.45) is 7.71. The van der Waals surface area contributed by atoms with Gasteiger partial charge in [0.15, 0.2) is 0 Å². The molecule has 0 unspecified atom stereocenters. The summed E-state index contributed by atoms with van der Waals surface area (Å²) in [6.45, 7) is 4.28. The Labute approximate surface area is 176 Å². The smallest absolute Gasteiger partial charge is 0.255 e. The second-order valence-electron chi connectivity index (χ2n) is 8.02. The Kier molecular flexibility index (Phi) is 6.76. The molecule has 2 amide bonds. The zero-order valence-electron chi connectivity index (χ0n) is 17.2. The molecule has 0 bridgehead atoms. The number of carbonyl (C=O) groups is 2. The number of hydrogen-bond donors (Lipinski definition) is 2. The average molecular weight is 412 g/mol. The van der Waals surface area contributed by atoms with Crippen molar-refractivity contribution in [3.63, 3.8) is 0 Å². The first kappa shape index (κ1) is 20.6. The molecule has 1 saturated carbocycles. The van der Waals surface area contributed by atoms with E-state index in [2.05, 4.69) is 20.6 Å². The molecule has 2 fully saturated rings. The monoisotopic (exact) mass is 411 g/mol. The van der Waals surface area contributed by atoms with Gasteiger partial charge in [0.1, 0.15) is 6.54 Å². The van der Waals surface area contributed by atoms with Crippen LogP contribution in [0.25, 0.3) is 0 Å². The maximum atomic E-state index is 12.7. The van der Waals surface area contributed by atoms with E-state index in [0.29, 0.717) is 11.3 Å². The van der Waals surface area contributed by atoms with Crippen LogP contribution >= 0.6 is 0 Å². The summed E-state index contributed by atoms with van der Waals surface area (Å²) in [5.74, 6) is -0.229. The number of carbonyl (C=O) groups excluding carboxylic acids is 2. The van der Waals surface area contributed by atoms with Gasteiger partial charge in [-0.1, -0.05) is 25.0 Å². The Balaban J connectivity index is 1.30. The summed E-state index contributed by atoms with van der Waals surface area (Å²) < 4.78 is 6.94. The van der Waals surface area contributed by atoms with Crippen molar-refractivity contribution in [1.29, 1.82) is 0 Å². The van der Waals surface area contributed by atoms with Crippen LogP contribution in [0.4, 0.5) is 5.69 Å². The summed E-state index contributed by atoms with van der Waals surface area (Å²) in [7, 11) is 0. The van der Waals surface area contributed by atoms with E-state index in [1.807, 2.05) is 18.2 Å². The molecule has 1 aromatic carbocycles. The molecule has 30 heavy (non-hydrogen) atoms. The maximum Gasteiger partial charge on any atom is 0.255 e. The molecule has 8 nitrogen and oxygen atoms in total. The van der Waals surface area contributed by atoms with Gasteiger partial charge >= 0.3 is 0 Å². The zero-order valence-corrected chi connectivity index (χ0v) is 17.2. The molecule has 2 N–H and O–H groups in total. The molecule has 0 atom stereocenters. The van der Waals surface area contributed by atoms with Crippen LogP contribution < -0.4 is 10.6 Å². The van der Waals surface area contributed by atoms with Gasteiger partial charge in [-0.25, -0.2) is 0 Å². The van der Waals surface area contributed by atoms with Crippen LogP contribution in [0, 0.1) is 0 Å². The fourth-order valence-electron chi connectivity index (χ4n) is 4.04. The first-order chi connectivity index (χ1) is 14.7. The minimum Gasteiger partial charge on any atom is -0.379 e. The number of benzene rings is 1. The van der Waals surface area contributed by atoms with Crippen LogP contribution in [0.2, 0.25) is 0 Å². The van der Waals surface area contributed by atoms with E-state index in [9.17, 15) is 9.59 Å². The Bertz CT molecular complexity index is 869. The summed E-state index contributed by atoms with van der Waals surface area (Å²) in [5, 5.41) is 10.1. The number of nitrogens with one attached hydrogen (secondary N) is 2. The van der Waals surface area contributed by atoms with Crippen molar-refractivity contribution in [2.45, 2.75) is 44.8 Å². The van der Waals surface area contributed by atoms with E-state index in [-0.39, 0.29) is 24.4 Å². The number of amides is 2. The molecule has 1 aliphatic carbocycles. The SMILES string of the molecule is O=C(Cn1cc(NC(=O)c2cccc(CN3CCOCC3)c2)cn1)NC1CCCC1. The van der Waals surface area contributed by atoms with Gasteiger partial charge in [-0.15, -0.1) is 0 Å². The second kappa shape index (κ2) is 9.86. The van der Waals surface area contributed by atoms with E-state index in [1.165, 1.54) is 12.8 Å². The number of nitrogens with zero attached hydrogens (tertiary/aromatic N) is 3. The molecule has 2 aliphatic rings. The quantitative estimate of drug-likeness (QED) is 0.728. The molecule has 2 aromatic rings. The van der Waals surface area contributed by atoms with Gasteiger partial charge in [-0.05, 0) is 30.5 Å². The van der Waals surface area contributed by atoms with Crippen molar-refractivity contribution in [1.82, 2.24) is 20.0 Å². The molecule has 1 aromatic heterocycles. The highest BCUT2D eigenvalue weighted by Crippen LogP contribution is 2.17. The Morgan fingerprint density at radius 2 is 1.97 bits per heavy atom. The van der Waals surface area contributed by atoms with Crippen LogP contribution in [0.15, 0.2) is 36.7 Å². The van der Waals surface area contributed by atoms with E-state index in [4.69, 9.17) is 4.74 Å². The van der Waals surface area contributed by atoms with Crippen LogP contribution in [-0.4, -0.2) is 58.8 Å². The third-order valence-corrected chi connectivity index (χ3v) is 5.62. The van der Waals surface area contributed by atoms with Crippen molar-refractivity contribution in [2.24, 2.45) is 0 Å². The molecule has 8 heteroatoms. The lowest BCUT2D eigenvalue weighted by atomic mass is 10.1. The zero-order chi connectivity index (χ0) is 20.8. The molecule has 4 rings (SSSR count). The summed E-state index contributed by atoms with van der Waals surface area (Å²) in [5.41, 5.74) is 2.28. The minimum atomic E-state index is -0.186. The van der Waals surface area contributed by atoms with Gasteiger partial charge in [0, 0.05) is 37.4 Å². The van der Waals surface area contributed by atoms with Gasteiger partial charge in [-0.2, -0.15) is 5.10 Å². The Morgan fingerprint density at radius 3 is 2.77 bits per heavy atom. The van der Waals surface area contributed by atoms with Crippen molar-refractivity contribution in [3.8, 4) is 0 Å². The maximum absolute atomic E-state index is 12.7. The van der Waals surface area contributed by atoms with Crippen molar-refractivity contribution >= 4 is 17.5 Å². The third-order valence-electron chi connectivity index (χ3n) is 5.62. The molecule has 0 radical (unpaired) electrons. The van der Waals surface area contributed by atoms with E-state index >= 15 is 0 Å². The molecular formula is C22H29N5O3. The fourth-order valence-corrected chi connectivity index (χ4v) is 4.04. The van der Waals surface area contributed by atoms with Crippen LogP contribution in [0.3, 0.4) is 0 Å². The molecule has 160 valence electrons. The number of aromatic nitrogens is 2. The first-order valence-corrected chi connectivity index (χ1v) is 10.7. The predicted molar refractivity (Wildman–Crippen MR) is 113 cm³/mol. The Hall–Kier alpha value is -2.71. The fraction of sp³-hybridized carbons (Fsp3) is 0.500. The number of ether oxygens (including phenoxy) is 1. The number of morpholine rings is 1. The predicted octanol–water partition coefficient (Wildman–Crippen LogP) is 2.03. The third kappa shape index (κ3) is 5.67. The van der Waals surface area contributed by atoms with Crippen molar-refractivity contribution in [2.75, 3.05) is 31.6 Å². The van der Waals surface area contributed by atoms with Gasteiger partial charge in [0.25, 0.3) is 5.91 Å². The number of hydrogen-bond acceptors (Lipinski definition) is 5. The van der Waals surface area contributed by atoms with Crippen molar-refractivity contribution in [3.05, 3.63) is 47.8 Å². The van der Waals surface area contributed by atoms with Gasteiger partial charge < -0.3 is 15.4 Å². The van der Waals surface area contributed by atoms with E-state index in [1.54, 1.807) is 23.1 Å². The lowest BCUT2D eigenvalue weighted by Crippen LogP contribution is -2.35. The molecule has 1 saturated heterocycles. The van der Waals surface area contributed by atoms with E-state index in [0.717, 1.165) is 51.3 Å². The van der Waals surface area contributed by atoms with Crippen LogP contribution in [0.5, 0.6) is 0 Å². The number of anilines is 1. The van der Waals surface area contributed by atoms with Crippen LogP contribution in [-0.2, 0) is 22.6 Å². The molecular weight excluding hydrogens is 382 g/mol. The topological polar surface area (TPSA) is 88.5 Å². The average Bonchev–Trinajstić information content (AvgIpc) is 3.41. The second-order valence-corrected chi connectivity index (χ2v) is 8.02. The molecule has 1 aliphatic heterocycles. The lowest BCUT2D eigenvalue weighted by Gasteiger charge is -2.26. The minimum absolute atomic E-state index is 0.0429. The summed E-state index contributed by atoms with van der Waals surface area (Å²) in [6, 6.07) is 7.95. The molecule has 0 spiro atoms. The highest BCUT2D eigenvalue weighted by Gasteiger charge is 2.18.